The maximum absolute atomic E-state index is 8.76. The van der Waals surface area contributed by atoms with Crippen LogP contribution < -0.4 is 0 Å². The first-order valence-corrected chi connectivity index (χ1v) is 4.73. The Morgan fingerprint density at radius 2 is 1.80 bits per heavy atom. The summed E-state index contributed by atoms with van der Waals surface area (Å²) in [6.45, 7) is 1.99. The highest BCUT2D eigenvalue weighted by Gasteiger charge is 1.82. The summed E-state index contributed by atoms with van der Waals surface area (Å²) in [7, 11) is 0. The zero-order valence-electron chi connectivity index (χ0n) is 8.26. The van der Waals surface area contributed by atoms with Crippen LogP contribution in [0.2, 0.25) is 5.15 Å². The SMILES string of the molecule is Cc1ccc(O)cc1.Clc1cnccn1. The molecule has 1 aromatic carbocycles. The van der Waals surface area contributed by atoms with Crippen LogP contribution in [-0.2, 0) is 0 Å². The van der Waals surface area contributed by atoms with Crippen molar-refractivity contribution in [3.63, 3.8) is 0 Å². The molecule has 0 amide bonds. The predicted molar refractivity (Wildman–Crippen MR) is 59.9 cm³/mol. The fraction of sp³-hybridized carbons (Fsp3) is 0.0909. The Morgan fingerprint density at radius 1 is 1.13 bits per heavy atom. The first kappa shape index (κ1) is 11.5. The van der Waals surface area contributed by atoms with Crippen LogP contribution in [0.1, 0.15) is 5.56 Å². The fourth-order valence-electron chi connectivity index (χ4n) is 0.826. The summed E-state index contributed by atoms with van der Waals surface area (Å²) in [4.78, 5) is 7.37. The van der Waals surface area contributed by atoms with E-state index in [1.807, 2.05) is 19.1 Å². The van der Waals surface area contributed by atoms with Crippen molar-refractivity contribution in [1.29, 1.82) is 0 Å². The van der Waals surface area contributed by atoms with Gasteiger partial charge in [-0.3, -0.25) is 4.98 Å². The Labute approximate surface area is 93.4 Å². The fourth-order valence-corrected chi connectivity index (χ4v) is 0.938. The quantitative estimate of drug-likeness (QED) is 0.746. The van der Waals surface area contributed by atoms with Crippen molar-refractivity contribution in [3.8, 4) is 5.75 Å². The van der Waals surface area contributed by atoms with Gasteiger partial charge in [0.1, 0.15) is 10.9 Å². The molecule has 0 aliphatic rings. The summed E-state index contributed by atoms with van der Waals surface area (Å²) >= 11 is 5.37. The largest absolute Gasteiger partial charge is 0.508 e. The van der Waals surface area contributed by atoms with Crippen LogP contribution in [0.3, 0.4) is 0 Å². The van der Waals surface area contributed by atoms with E-state index in [2.05, 4.69) is 9.97 Å². The molecule has 0 unspecified atom stereocenters. The molecule has 0 saturated heterocycles. The van der Waals surface area contributed by atoms with Gasteiger partial charge in [0.2, 0.25) is 0 Å². The number of halogens is 1. The summed E-state index contributed by atoms with van der Waals surface area (Å²) in [6, 6.07) is 7.09. The summed E-state index contributed by atoms with van der Waals surface area (Å²) in [5.41, 5.74) is 1.17. The maximum Gasteiger partial charge on any atom is 0.147 e. The van der Waals surface area contributed by atoms with Gasteiger partial charge in [-0.25, -0.2) is 4.98 Å². The summed E-state index contributed by atoms with van der Waals surface area (Å²) in [6.07, 6.45) is 4.61. The normalized spacial score (nSPS) is 8.93. The van der Waals surface area contributed by atoms with Crippen molar-refractivity contribution in [1.82, 2.24) is 9.97 Å². The number of phenolic OH excluding ortho intramolecular Hbond substituents is 1. The second-order valence-corrected chi connectivity index (χ2v) is 3.25. The molecular weight excluding hydrogens is 212 g/mol. The Morgan fingerprint density at radius 3 is 2.13 bits per heavy atom. The first-order valence-electron chi connectivity index (χ1n) is 4.35. The minimum Gasteiger partial charge on any atom is -0.508 e. The first-order chi connectivity index (χ1) is 7.18. The molecule has 0 atom stereocenters. The van der Waals surface area contributed by atoms with Crippen molar-refractivity contribution < 1.29 is 5.11 Å². The molecule has 0 fully saturated rings. The third-order valence-corrected chi connectivity index (χ3v) is 1.76. The van der Waals surface area contributed by atoms with Crippen molar-refractivity contribution in [2.45, 2.75) is 6.92 Å². The van der Waals surface area contributed by atoms with E-state index >= 15 is 0 Å². The number of aryl methyl sites for hydroxylation is 1. The van der Waals surface area contributed by atoms with E-state index in [-0.39, 0.29) is 0 Å². The van der Waals surface area contributed by atoms with Crippen LogP contribution in [0, 0.1) is 6.92 Å². The molecule has 3 nitrogen and oxygen atoms in total. The molecule has 1 aromatic heterocycles. The average molecular weight is 223 g/mol. The average Bonchev–Trinajstić information content (AvgIpc) is 2.25. The molecular formula is C11H11ClN2O. The Kier molecular flexibility index (Phi) is 4.57. The van der Waals surface area contributed by atoms with Crippen LogP contribution in [0.15, 0.2) is 42.9 Å². The lowest BCUT2D eigenvalue weighted by molar-refractivity contribution is 0.475. The van der Waals surface area contributed by atoms with Crippen LogP contribution >= 0.6 is 11.6 Å². The minimum absolute atomic E-state index is 0.329. The third kappa shape index (κ3) is 4.98. The van der Waals surface area contributed by atoms with Crippen molar-refractivity contribution >= 4 is 11.6 Å². The van der Waals surface area contributed by atoms with E-state index in [0.29, 0.717) is 10.9 Å². The molecule has 15 heavy (non-hydrogen) atoms. The van der Waals surface area contributed by atoms with Gasteiger partial charge < -0.3 is 5.11 Å². The number of hydrogen-bond acceptors (Lipinski definition) is 3. The van der Waals surface area contributed by atoms with Gasteiger partial charge >= 0.3 is 0 Å². The van der Waals surface area contributed by atoms with Gasteiger partial charge in [0.15, 0.2) is 0 Å². The van der Waals surface area contributed by atoms with Crippen molar-refractivity contribution in [2.24, 2.45) is 0 Å². The summed E-state index contributed by atoms with van der Waals surface area (Å²) in [5, 5.41) is 9.19. The van der Waals surface area contributed by atoms with E-state index < -0.39 is 0 Å². The molecule has 1 N–H and O–H groups in total. The van der Waals surface area contributed by atoms with Gasteiger partial charge in [-0.15, -0.1) is 0 Å². The molecule has 0 saturated carbocycles. The second kappa shape index (κ2) is 5.98. The molecule has 4 heteroatoms. The highest BCUT2D eigenvalue weighted by molar-refractivity contribution is 6.29. The molecule has 0 bridgehead atoms. The zero-order valence-corrected chi connectivity index (χ0v) is 9.02. The summed E-state index contributed by atoms with van der Waals surface area (Å²) < 4.78 is 0. The smallest absolute Gasteiger partial charge is 0.147 e. The third-order valence-electron chi connectivity index (χ3n) is 1.57. The van der Waals surface area contributed by atoms with Gasteiger partial charge in [-0.2, -0.15) is 0 Å². The predicted octanol–water partition coefficient (Wildman–Crippen LogP) is 2.83. The standard InChI is InChI=1S/C7H8O.C4H3ClN2/c1-6-2-4-7(8)5-3-6;5-4-3-6-1-2-7-4/h2-5,8H,1H3;1-3H. The number of aromatic hydroxyl groups is 1. The molecule has 2 aromatic rings. The zero-order chi connectivity index (χ0) is 11.1. The summed E-state index contributed by atoms with van der Waals surface area (Å²) in [5.74, 6) is 0.329. The van der Waals surface area contributed by atoms with E-state index in [9.17, 15) is 0 Å². The maximum atomic E-state index is 8.76. The van der Waals surface area contributed by atoms with Gasteiger partial charge in [0.05, 0.1) is 6.20 Å². The van der Waals surface area contributed by atoms with E-state index in [1.54, 1.807) is 24.5 Å². The number of phenols is 1. The van der Waals surface area contributed by atoms with Crippen LogP contribution in [-0.4, -0.2) is 15.1 Å². The van der Waals surface area contributed by atoms with Gasteiger partial charge in [0, 0.05) is 12.4 Å². The molecule has 0 radical (unpaired) electrons. The van der Waals surface area contributed by atoms with E-state index in [0.717, 1.165) is 0 Å². The lowest BCUT2D eigenvalue weighted by atomic mass is 10.2. The van der Waals surface area contributed by atoms with Gasteiger partial charge in [0.25, 0.3) is 0 Å². The molecule has 1 heterocycles. The number of rotatable bonds is 0. The van der Waals surface area contributed by atoms with E-state index in [1.165, 1.54) is 11.8 Å². The van der Waals surface area contributed by atoms with Crippen molar-refractivity contribution in [3.05, 3.63) is 53.6 Å². The van der Waals surface area contributed by atoms with Crippen LogP contribution in [0.4, 0.5) is 0 Å². The number of hydrogen-bond donors (Lipinski definition) is 1. The Bertz CT molecular complexity index is 368. The molecule has 2 rings (SSSR count). The molecule has 0 aliphatic carbocycles. The van der Waals surface area contributed by atoms with Gasteiger partial charge in [-0.05, 0) is 19.1 Å². The minimum atomic E-state index is 0.329. The highest BCUT2D eigenvalue weighted by Crippen LogP contribution is 2.07. The molecule has 0 aliphatic heterocycles. The second-order valence-electron chi connectivity index (χ2n) is 2.86. The molecule has 0 spiro atoms. The number of aromatic nitrogens is 2. The van der Waals surface area contributed by atoms with E-state index in [4.69, 9.17) is 16.7 Å². The Hall–Kier alpha value is -1.61. The topological polar surface area (TPSA) is 46.0 Å². The Balaban J connectivity index is 0.000000151. The monoisotopic (exact) mass is 222 g/mol. The van der Waals surface area contributed by atoms with Crippen molar-refractivity contribution in [2.75, 3.05) is 0 Å². The molecule has 78 valence electrons. The van der Waals surface area contributed by atoms with Crippen LogP contribution in [0.5, 0.6) is 5.75 Å². The highest BCUT2D eigenvalue weighted by atomic mass is 35.5. The van der Waals surface area contributed by atoms with Crippen LogP contribution in [0.25, 0.3) is 0 Å². The van der Waals surface area contributed by atoms with Gasteiger partial charge in [-0.1, -0.05) is 29.3 Å². The number of benzene rings is 1. The lowest BCUT2D eigenvalue weighted by Crippen LogP contribution is -1.71. The number of nitrogens with zero attached hydrogens (tertiary/aromatic N) is 2. The lowest BCUT2D eigenvalue weighted by Gasteiger charge is -1.89.